The number of likely N-dealkylation sites (tertiary alicyclic amines) is 1. The van der Waals surface area contributed by atoms with Crippen LogP contribution >= 0.6 is 0 Å². The van der Waals surface area contributed by atoms with Crippen LogP contribution in [0.3, 0.4) is 0 Å². The Morgan fingerprint density at radius 1 is 0.860 bits per heavy atom. The SMILES string of the molecule is O=C(O)c1ccc2c(c1)CCCC(c1cc(C(F)(F)F)ccc1C(F)(F)F)=C2c1ccc(C=C2CN(CCCF)C2)cc1. The first-order chi connectivity index (χ1) is 20.3. The van der Waals surface area contributed by atoms with Gasteiger partial charge in [-0.05, 0) is 101 Å². The van der Waals surface area contributed by atoms with Gasteiger partial charge in [0.15, 0.2) is 0 Å². The van der Waals surface area contributed by atoms with Gasteiger partial charge in [-0.25, -0.2) is 4.79 Å². The number of fused-ring (bicyclic) bond motifs is 1. The van der Waals surface area contributed by atoms with Crippen molar-refractivity contribution in [2.75, 3.05) is 26.3 Å². The van der Waals surface area contributed by atoms with Crippen molar-refractivity contribution in [3.8, 4) is 0 Å². The fourth-order valence-corrected chi connectivity index (χ4v) is 5.78. The monoisotopic (exact) mass is 603 g/mol. The lowest BCUT2D eigenvalue weighted by Gasteiger charge is -2.33. The quantitative estimate of drug-likeness (QED) is 0.275. The number of aryl methyl sites for hydroxylation is 1. The highest BCUT2D eigenvalue weighted by molar-refractivity contribution is 6.01. The highest BCUT2D eigenvalue weighted by Gasteiger charge is 2.38. The minimum absolute atomic E-state index is 0.0135. The lowest BCUT2D eigenvalue weighted by molar-refractivity contribution is -0.141. The van der Waals surface area contributed by atoms with Gasteiger partial charge in [0.25, 0.3) is 0 Å². The van der Waals surface area contributed by atoms with Crippen molar-refractivity contribution in [1.29, 1.82) is 0 Å². The van der Waals surface area contributed by atoms with Gasteiger partial charge in [0.05, 0.1) is 23.4 Å². The van der Waals surface area contributed by atoms with Crippen LogP contribution in [-0.4, -0.2) is 42.3 Å². The summed E-state index contributed by atoms with van der Waals surface area (Å²) in [6, 6.07) is 12.9. The number of benzene rings is 3. The second-order valence-corrected chi connectivity index (χ2v) is 10.8. The zero-order valence-corrected chi connectivity index (χ0v) is 23.0. The standard InChI is InChI=1S/C33H28F7NO2/c34-13-2-14-41-18-21(19-41)15-20-5-7-22(8-6-20)30-26-11-9-24(31(42)43)16-23(26)3-1-4-27(30)28-17-25(32(35,36)37)10-12-29(28)33(38,39)40/h5-12,15-17H,1-4,13-14,18-19H2,(H,42,43). The van der Waals surface area contributed by atoms with E-state index >= 15 is 0 Å². The Morgan fingerprint density at radius 2 is 1.58 bits per heavy atom. The number of alkyl halides is 7. The topological polar surface area (TPSA) is 40.5 Å². The van der Waals surface area contributed by atoms with Crippen LogP contribution < -0.4 is 0 Å². The van der Waals surface area contributed by atoms with Gasteiger partial charge in [-0.15, -0.1) is 0 Å². The summed E-state index contributed by atoms with van der Waals surface area (Å²) in [6.07, 6.45) is -6.60. The van der Waals surface area contributed by atoms with E-state index in [4.69, 9.17) is 0 Å². The summed E-state index contributed by atoms with van der Waals surface area (Å²) in [5.74, 6) is -1.16. The normalized spacial score (nSPS) is 16.0. The van der Waals surface area contributed by atoms with Crippen molar-refractivity contribution in [3.05, 3.63) is 111 Å². The number of carboxylic acids is 1. The maximum Gasteiger partial charge on any atom is 0.416 e. The number of nitrogens with zero attached hydrogens (tertiary/aromatic N) is 1. The van der Waals surface area contributed by atoms with Gasteiger partial charge in [-0.3, -0.25) is 9.29 Å². The number of allylic oxidation sites excluding steroid dienone is 1. The molecule has 2 aliphatic rings. The Labute approximate surface area is 244 Å². The van der Waals surface area contributed by atoms with E-state index in [1.165, 1.54) is 18.2 Å². The van der Waals surface area contributed by atoms with Crippen LogP contribution in [0.25, 0.3) is 17.2 Å². The Hall–Kier alpha value is -3.92. The molecule has 0 atom stereocenters. The molecule has 0 aromatic heterocycles. The van der Waals surface area contributed by atoms with Crippen molar-refractivity contribution >= 4 is 23.2 Å². The van der Waals surface area contributed by atoms with Crippen molar-refractivity contribution in [2.45, 2.75) is 38.0 Å². The second kappa shape index (κ2) is 12.0. The van der Waals surface area contributed by atoms with Gasteiger partial charge in [0.2, 0.25) is 0 Å². The first kappa shape index (κ1) is 30.5. The van der Waals surface area contributed by atoms with Crippen LogP contribution in [0.2, 0.25) is 0 Å². The van der Waals surface area contributed by atoms with E-state index in [0.717, 1.165) is 11.1 Å². The van der Waals surface area contributed by atoms with Crippen LogP contribution in [0.15, 0.2) is 66.2 Å². The molecule has 1 fully saturated rings. The first-order valence-electron chi connectivity index (χ1n) is 13.8. The molecular formula is C33H28F7NO2. The van der Waals surface area contributed by atoms with Gasteiger partial charge >= 0.3 is 18.3 Å². The maximum absolute atomic E-state index is 14.2. The number of hydrogen-bond acceptors (Lipinski definition) is 2. The number of aromatic carboxylic acids is 1. The molecule has 3 aromatic carbocycles. The van der Waals surface area contributed by atoms with E-state index in [2.05, 4.69) is 4.90 Å². The summed E-state index contributed by atoms with van der Waals surface area (Å²) in [5.41, 5.74) is 1.16. The fourth-order valence-electron chi connectivity index (χ4n) is 5.78. The van der Waals surface area contributed by atoms with E-state index in [9.17, 15) is 40.6 Å². The largest absolute Gasteiger partial charge is 0.478 e. The van der Waals surface area contributed by atoms with Crippen LogP contribution in [0, 0.1) is 0 Å². The molecule has 0 radical (unpaired) electrons. The van der Waals surface area contributed by atoms with E-state index in [0.29, 0.717) is 79.4 Å². The van der Waals surface area contributed by atoms with Gasteiger partial charge in [-0.1, -0.05) is 36.4 Å². The average molecular weight is 604 g/mol. The molecule has 3 aromatic rings. The van der Waals surface area contributed by atoms with E-state index in [1.807, 2.05) is 6.08 Å². The molecule has 1 aliphatic carbocycles. The van der Waals surface area contributed by atoms with Gasteiger partial charge < -0.3 is 5.11 Å². The van der Waals surface area contributed by atoms with Crippen LogP contribution in [0.4, 0.5) is 30.7 Å². The smallest absolute Gasteiger partial charge is 0.416 e. The third-order valence-corrected chi connectivity index (χ3v) is 7.81. The fraction of sp³-hybridized carbons (Fsp3) is 0.303. The predicted molar refractivity (Wildman–Crippen MR) is 150 cm³/mol. The van der Waals surface area contributed by atoms with E-state index < -0.39 is 35.0 Å². The Morgan fingerprint density at radius 3 is 2.21 bits per heavy atom. The van der Waals surface area contributed by atoms with Crippen molar-refractivity contribution < 1.29 is 40.6 Å². The lowest BCUT2D eigenvalue weighted by Crippen LogP contribution is -2.40. The number of rotatable bonds is 7. The van der Waals surface area contributed by atoms with Gasteiger partial charge in [0.1, 0.15) is 0 Å². The first-order valence-corrected chi connectivity index (χ1v) is 13.8. The van der Waals surface area contributed by atoms with Crippen LogP contribution in [0.5, 0.6) is 0 Å². The molecule has 3 nitrogen and oxygen atoms in total. The number of hydrogen-bond donors (Lipinski definition) is 1. The Bertz CT molecular complexity index is 1580. The average Bonchev–Trinajstić information content (AvgIpc) is 3.12. The van der Waals surface area contributed by atoms with Gasteiger partial charge in [0, 0.05) is 19.6 Å². The highest BCUT2D eigenvalue weighted by Crippen LogP contribution is 2.46. The molecule has 0 amide bonds. The van der Waals surface area contributed by atoms with Crippen molar-refractivity contribution in [2.24, 2.45) is 0 Å². The lowest BCUT2D eigenvalue weighted by atomic mass is 9.85. The summed E-state index contributed by atoms with van der Waals surface area (Å²) in [4.78, 5) is 13.8. The Kier molecular flexibility index (Phi) is 8.51. The molecule has 0 saturated carbocycles. The minimum atomic E-state index is -4.91. The Balaban J connectivity index is 1.66. The maximum atomic E-state index is 14.2. The summed E-state index contributed by atoms with van der Waals surface area (Å²) in [6.45, 7) is 1.72. The molecule has 5 rings (SSSR count). The number of halogens is 7. The molecule has 0 spiro atoms. The summed E-state index contributed by atoms with van der Waals surface area (Å²) < 4.78 is 96.2. The van der Waals surface area contributed by atoms with Crippen molar-refractivity contribution in [1.82, 2.24) is 4.90 Å². The zero-order valence-electron chi connectivity index (χ0n) is 23.0. The predicted octanol–water partition coefficient (Wildman–Crippen LogP) is 8.78. The molecule has 1 aliphatic heterocycles. The molecule has 1 saturated heterocycles. The number of carbonyl (C=O) groups is 1. The molecule has 1 heterocycles. The summed E-state index contributed by atoms with van der Waals surface area (Å²) >= 11 is 0. The van der Waals surface area contributed by atoms with E-state index in [-0.39, 0.29) is 24.2 Å². The van der Waals surface area contributed by atoms with Gasteiger partial charge in [-0.2, -0.15) is 26.3 Å². The van der Waals surface area contributed by atoms with E-state index in [1.54, 1.807) is 24.3 Å². The summed E-state index contributed by atoms with van der Waals surface area (Å²) in [5, 5.41) is 9.52. The highest BCUT2D eigenvalue weighted by atomic mass is 19.4. The molecule has 0 unspecified atom stereocenters. The summed E-state index contributed by atoms with van der Waals surface area (Å²) in [7, 11) is 0. The number of carboxylic acid groups (broad SMARTS) is 1. The zero-order chi connectivity index (χ0) is 30.9. The molecule has 0 bridgehead atoms. The third kappa shape index (κ3) is 6.69. The molecule has 43 heavy (non-hydrogen) atoms. The third-order valence-electron chi connectivity index (χ3n) is 7.81. The minimum Gasteiger partial charge on any atom is -0.478 e. The molecule has 226 valence electrons. The van der Waals surface area contributed by atoms with Crippen LogP contribution in [-0.2, 0) is 18.8 Å². The van der Waals surface area contributed by atoms with Crippen molar-refractivity contribution in [3.63, 3.8) is 0 Å². The molecule has 10 heteroatoms. The van der Waals surface area contributed by atoms with Crippen LogP contribution in [0.1, 0.15) is 68.6 Å². The molecule has 1 N–H and O–H groups in total. The second-order valence-electron chi connectivity index (χ2n) is 10.8. The molecular weight excluding hydrogens is 575 g/mol.